The van der Waals surface area contributed by atoms with Crippen LogP contribution in [0.15, 0.2) is 61.1 Å². The number of rotatable bonds is 6. The van der Waals surface area contributed by atoms with Crippen molar-refractivity contribution in [3.05, 3.63) is 72.3 Å². The molecule has 6 nitrogen and oxygen atoms in total. The molecular weight excluding hydrogens is 372 g/mol. The van der Waals surface area contributed by atoms with E-state index in [-0.39, 0.29) is 11.7 Å². The number of sulfonamides is 1. The van der Waals surface area contributed by atoms with Gasteiger partial charge in [0.25, 0.3) is 0 Å². The minimum Gasteiger partial charge on any atom is -0.328 e. The third-order valence-corrected chi connectivity index (χ3v) is 7.07. The number of nitrogens with zero attached hydrogens (tertiary/aromatic N) is 4. The summed E-state index contributed by atoms with van der Waals surface area (Å²) in [7, 11) is -3.30. The van der Waals surface area contributed by atoms with Crippen molar-refractivity contribution in [2.24, 2.45) is 5.92 Å². The van der Waals surface area contributed by atoms with Gasteiger partial charge in [0.1, 0.15) is 5.82 Å². The number of hydrogen-bond acceptors (Lipinski definition) is 4. The van der Waals surface area contributed by atoms with Gasteiger partial charge in [-0.2, -0.15) is 0 Å². The molecule has 1 saturated heterocycles. The van der Waals surface area contributed by atoms with Crippen LogP contribution < -0.4 is 0 Å². The van der Waals surface area contributed by atoms with Gasteiger partial charge in [-0.3, -0.25) is 4.98 Å². The summed E-state index contributed by atoms with van der Waals surface area (Å²) in [6.45, 7) is 3.92. The Labute approximate surface area is 165 Å². The van der Waals surface area contributed by atoms with Crippen LogP contribution in [-0.2, 0) is 22.3 Å². The number of benzene rings is 1. The summed E-state index contributed by atoms with van der Waals surface area (Å²) in [6.07, 6.45) is 6.28. The van der Waals surface area contributed by atoms with E-state index in [1.54, 1.807) is 10.5 Å². The predicted octanol–water partition coefficient (Wildman–Crippen LogP) is 3.11. The molecule has 0 spiro atoms. The van der Waals surface area contributed by atoms with Crippen molar-refractivity contribution < 1.29 is 8.42 Å². The van der Waals surface area contributed by atoms with E-state index in [2.05, 4.69) is 14.5 Å². The van der Waals surface area contributed by atoms with Crippen molar-refractivity contribution >= 4 is 10.0 Å². The highest BCUT2D eigenvalue weighted by molar-refractivity contribution is 7.88. The van der Waals surface area contributed by atoms with E-state index in [9.17, 15) is 8.42 Å². The lowest BCUT2D eigenvalue weighted by atomic mass is 10.1. The summed E-state index contributed by atoms with van der Waals surface area (Å²) < 4.78 is 29.4. The molecule has 1 fully saturated rings. The zero-order chi connectivity index (χ0) is 19.6. The summed E-state index contributed by atoms with van der Waals surface area (Å²) >= 11 is 0. The smallest absolute Gasteiger partial charge is 0.218 e. The average molecular weight is 397 g/mol. The molecule has 3 aromatic rings. The van der Waals surface area contributed by atoms with E-state index in [0.29, 0.717) is 13.1 Å². The standard InChI is InChI=1S/C21H24N4O2S/c1-17-12-23-21(20-8-5-10-22-13-20)25(17)15-19-9-11-24(14-19)28(26,27)16-18-6-3-2-4-7-18/h2-8,10,12-13,19H,9,11,14-16H2,1H3. The summed E-state index contributed by atoms with van der Waals surface area (Å²) in [4.78, 5) is 8.73. The fourth-order valence-electron chi connectivity index (χ4n) is 3.75. The molecule has 2 aromatic heterocycles. The van der Waals surface area contributed by atoms with Crippen LogP contribution in [0, 0.1) is 12.8 Å². The molecule has 146 valence electrons. The maximum atomic E-state index is 12.8. The lowest BCUT2D eigenvalue weighted by molar-refractivity contribution is 0.427. The van der Waals surface area contributed by atoms with Gasteiger partial charge in [0.05, 0.1) is 5.75 Å². The van der Waals surface area contributed by atoms with Crippen LogP contribution in [0.5, 0.6) is 0 Å². The molecular formula is C21H24N4O2S. The van der Waals surface area contributed by atoms with Crippen molar-refractivity contribution in [3.8, 4) is 11.4 Å². The Kier molecular flexibility index (Phi) is 5.28. The first-order valence-electron chi connectivity index (χ1n) is 9.47. The highest BCUT2D eigenvalue weighted by Crippen LogP contribution is 2.26. The van der Waals surface area contributed by atoms with Gasteiger partial charge >= 0.3 is 0 Å². The van der Waals surface area contributed by atoms with E-state index in [1.165, 1.54) is 0 Å². The predicted molar refractivity (Wildman–Crippen MR) is 109 cm³/mol. The summed E-state index contributed by atoms with van der Waals surface area (Å²) in [5.74, 6) is 1.22. The van der Waals surface area contributed by atoms with E-state index >= 15 is 0 Å². The van der Waals surface area contributed by atoms with Gasteiger partial charge in [0.2, 0.25) is 10.0 Å². The van der Waals surface area contributed by atoms with Crippen LogP contribution in [-0.4, -0.2) is 40.3 Å². The first-order chi connectivity index (χ1) is 13.5. The second kappa shape index (κ2) is 7.85. The molecule has 28 heavy (non-hydrogen) atoms. The van der Waals surface area contributed by atoms with Gasteiger partial charge in [-0.05, 0) is 37.0 Å². The van der Waals surface area contributed by atoms with Crippen molar-refractivity contribution in [2.75, 3.05) is 13.1 Å². The van der Waals surface area contributed by atoms with E-state index in [0.717, 1.165) is 35.6 Å². The molecule has 1 atom stereocenters. The van der Waals surface area contributed by atoms with Gasteiger partial charge in [0, 0.05) is 49.5 Å². The summed E-state index contributed by atoms with van der Waals surface area (Å²) in [5, 5.41) is 0. The molecule has 0 N–H and O–H groups in total. The molecule has 1 unspecified atom stereocenters. The second-order valence-electron chi connectivity index (χ2n) is 7.33. The third-order valence-electron chi connectivity index (χ3n) is 5.25. The zero-order valence-electron chi connectivity index (χ0n) is 15.9. The number of pyridine rings is 1. The molecule has 1 aromatic carbocycles. The minimum absolute atomic E-state index is 0.0611. The Morgan fingerprint density at radius 1 is 1.11 bits per heavy atom. The topological polar surface area (TPSA) is 68.1 Å². The van der Waals surface area contributed by atoms with Crippen LogP contribution in [0.1, 0.15) is 17.7 Å². The van der Waals surface area contributed by atoms with Gasteiger partial charge in [0.15, 0.2) is 0 Å². The Bertz CT molecular complexity index is 1030. The van der Waals surface area contributed by atoms with E-state index in [1.807, 2.05) is 61.8 Å². The van der Waals surface area contributed by atoms with Crippen LogP contribution in [0.2, 0.25) is 0 Å². The lowest BCUT2D eigenvalue weighted by Gasteiger charge is -2.18. The fraction of sp³-hybridized carbons (Fsp3) is 0.333. The SMILES string of the molecule is Cc1cnc(-c2cccnc2)n1CC1CCN(S(=O)(=O)Cc2ccccc2)C1. The maximum absolute atomic E-state index is 12.8. The van der Waals surface area contributed by atoms with Crippen LogP contribution in [0.25, 0.3) is 11.4 Å². The van der Waals surface area contributed by atoms with E-state index in [4.69, 9.17) is 0 Å². The highest BCUT2D eigenvalue weighted by Gasteiger charge is 2.32. The molecule has 1 aliphatic heterocycles. The highest BCUT2D eigenvalue weighted by atomic mass is 32.2. The first kappa shape index (κ1) is 18.8. The Morgan fingerprint density at radius 2 is 1.93 bits per heavy atom. The van der Waals surface area contributed by atoms with E-state index < -0.39 is 10.0 Å². The first-order valence-corrected chi connectivity index (χ1v) is 11.1. The molecule has 0 bridgehead atoms. The van der Waals surface area contributed by atoms with Crippen molar-refractivity contribution in [1.29, 1.82) is 0 Å². The van der Waals surface area contributed by atoms with Crippen LogP contribution >= 0.6 is 0 Å². The quantitative estimate of drug-likeness (QED) is 0.642. The second-order valence-corrected chi connectivity index (χ2v) is 9.30. The van der Waals surface area contributed by atoms with Gasteiger partial charge in [-0.25, -0.2) is 17.7 Å². The fourth-order valence-corrected chi connectivity index (χ4v) is 5.37. The number of aromatic nitrogens is 3. The monoisotopic (exact) mass is 396 g/mol. The Balaban J connectivity index is 1.47. The Hall–Kier alpha value is -2.51. The normalized spacial score (nSPS) is 17.8. The summed E-state index contributed by atoms with van der Waals surface area (Å²) in [6, 6.07) is 13.3. The number of hydrogen-bond donors (Lipinski definition) is 0. The summed E-state index contributed by atoms with van der Waals surface area (Å²) in [5.41, 5.74) is 2.88. The molecule has 0 saturated carbocycles. The molecule has 4 rings (SSSR count). The van der Waals surface area contributed by atoms with Crippen LogP contribution in [0.3, 0.4) is 0 Å². The maximum Gasteiger partial charge on any atom is 0.218 e. The van der Waals surface area contributed by atoms with Crippen molar-refractivity contribution in [2.45, 2.75) is 25.6 Å². The average Bonchev–Trinajstić information content (AvgIpc) is 3.31. The van der Waals surface area contributed by atoms with Gasteiger partial charge < -0.3 is 4.57 Å². The Morgan fingerprint density at radius 3 is 2.68 bits per heavy atom. The third kappa shape index (κ3) is 4.00. The molecule has 3 heterocycles. The van der Waals surface area contributed by atoms with Gasteiger partial charge in [-0.1, -0.05) is 30.3 Å². The molecule has 0 amide bonds. The lowest BCUT2D eigenvalue weighted by Crippen LogP contribution is -2.30. The minimum atomic E-state index is -3.30. The van der Waals surface area contributed by atoms with Crippen molar-refractivity contribution in [3.63, 3.8) is 0 Å². The number of imidazole rings is 1. The van der Waals surface area contributed by atoms with Crippen LogP contribution in [0.4, 0.5) is 0 Å². The molecule has 7 heteroatoms. The zero-order valence-corrected chi connectivity index (χ0v) is 16.7. The molecule has 0 radical (unpaired) electrons. The molecule has 0 aliphatic carbocycles. The van der Waals surface area contributed by atoms with Crippen molar-refractivity contribution in [1.82, 2.24) is 18.8 Å². The molecule has 1 aliphatic rings. The van der Waals surface area contributed by atoms with Gasteiger partial charge in [-0.15, -0.1) is 0 Å². The largest absolute Gasteiger partial charge is 0.328 e. The number of aryl methyl sites for hydroxylation is 1.